The quantitative estimate of drug-likeness (QED) is 0.400. The minimum atomic E-state index is -1.74. The van der Waals surface area contributed by atoms with Gasteiger partial charge in [-0.25, -0.2) is 0 Å². The Morgan fingerprint density at radius 1 is 0.895 bits per heavy atom. The number of hydrogen-bond acceptors (Lipinski definition) is 4. The molecule has 0 bridgehead atoms. The summed E-state index contributed by atoms with van der Waals surface area (Å²) in [5.74, 6) is -3.32. The van der Waals surface area contributed by atoms with Gasteiger partial charge in [0.1, 0.15) is 6.10 Å². The van der Waals surface area contributed by atoms with Crippen molar-refractivity contribution in [2.24, 2.45) is 0 Å². The van der Waals surface area contributed by atoms with Crippen LogP contribution in [0.2, 0.25) is 0 Å². The first-order valence-electron chi connectivity index (χ1n) is 7.77. The van der Waals surface area contributed by atoms with E-state index in [9.17, 15) is 15.3 Å². The van der Waals surface area contributed by atoms with Crippen molar-refractivity contribution in [1.82, 2.24) is 0 Å². The van der Waals surface area contributed by atoms with Crippen molar-refractivity contribution >= 4 is 0 Å². The zero-order chi connectivity index (χ0) is 14.4. The van der Waals surface area contributed by atoms with Crippen molar-refractivity contribution in [1.29, 1.82) is 0 Å². The molecule has 114 valence electrons. The smallest absolute Gasteiger partial charge is 0.250 e. The van der Waals surface area contributed by atoms with Crippen LogP contribution in [0.5, 0.6) is 0 Å². The molecule has 0 aromatic rings. The summed E-state index contributed by atoms with van der Waals surface area (Å²) in [4.78, 5) is 0. The van der Waals surface area contributed by atoms with E-state index in [2.05, 4.69) is 6.92 Å². The lowest BCUT2D eigenvalue weighted by Gasteiger charge is -2.14. The Kier molecular flexibility index (Phi) is 6.74. The van der Waals surface area contributed by atoms with Crippen molar-refractivity contribution in [3.63, 3.8) is 0 Å². The molecule has 0 aromatic heterocycles. The molecule has 0 aromatic carbocycles. The molecule has 3 N–H and O–H groups in total. The number of epoxide rings is 1. The summed E-state index contributed by atoms with van der Waals surface area (Å²) in [5.41, 5.74) is 0. The third-order valence-corrected chi connectivity index (χ3v) is 4.01. The molecule has 19 heavy (non-hydrogen) atoms. The number of unbranched alkanes of at least 4 members (excludes halogenated alkanes) is 8. The summed E-state index contributed by atoms with van der Waals surface area (Å²) in [6.45, 7) is 3.59. The van der Waals surface area contributed by atoms with Crippen LogP contribution < -0.4 is 0 Å². The molecule has 0 saturated carbocycles. The summed E-state index contributed by atoms with van der Waals surface area (Å²) in [7, 11) is 0. The van der Waals surface area contributed by atoms with E-state index < -0.39 is 17.7 Å². The number of aliphatic hydroxyl groups excluding tert-OH is 1. The summed E-state index contributed by atoms with van der Waals surface area (Å²) < 4.78 is 4.75. The van der Waals surface area contributed by atoms with Crippen molar-refractivity contribution in [2.45, 2.75) is 95.7 Å². The maximum Gasteiger partial charge on any atom is 0.250 e. The lowest BCUT2D eigenvalue weighted by Crippen LogP contribution is -2.36. The highest BCUT2D eigenvalue weighted by Gasteiger charge is 2.70. The van der Waals surface area contributed by atoms with E-state index in [1.54, 1.807) is 0 Å². The number of ether oxygens (including phenoxy) is 1. The first kappa shape index (κ1) is 16.9. The SMILES string of the molecule is CCCCCCCCCCCC(O)C1(O)OC1(C)O. The third-order valence-electron chi connectivity index (χ3n) is 4.01. The van der Waals surface area contributed by atoms with Gasteiger partial charge in [-0.1, -0.05) is 64.7 Å². The van der Waals surface area contributed by atoms with Gasteiger partial charge in [-0.15, -0.1) is 0 Å². The molecular weight excluding hydrogens is 244 g/mol. The summed E-state index contributed by atoms with van der Waals surface area (Å²) >= 11 is 0. The molecule has 1 aliphatic rings. The van der Waals surface area contributed by atoms with Crippen LogP contribution in [-0.2, 0) is 4.74 Å². The summed E-state index contributed by atoms with van der Waals surface area (Å²) in [6.07, 6.45) is 10.4. The molecule has 4 nitrogen and oxygen atoms in total. The predicted molar refractivity (Wildman–Crippen MR) is 74.5 cm³/mol. The molecule has 0 aliphatic carbocycles. The highest BCUT2D eigenvalue weighted by atomic mass is 16.8. The molecule has 1 aliphatic heterocycles. The van der Waals surface area contributed by atoms with Gasteiger partial charge in [-0.3, -0.25) is 0 Å². The zero-order valence-corrected chi connectivity index (χ0v) is 12.4. The molecule has 1 fully saturated rings. The van der Waals surface area contributed by atoms with Gasteiger partial charge < -0.3 is 20.1 Å². The molecule has 1 saturated heterocycles. The maximum atomic E-state index is 9.75. The Labute approximate surface area is 116 Å². The van der Waals surface area contributed by atoms with Crippen LogP contribution in [0.25, 0.3) is 0 Å². The van der Waals surface area contributed by atoms with Gasteiger partial charge in [0.25, 0.3) is 0 Å². The fourth-order valence-electron chi connectivity index (χ4n) is 2.50. The fraction of sp³-hybridized carbons (Fsp3) is 1.00. The fourth-order valence-corrected chi connectivity index (χ4v) is 2.50. The molecule has 3 atom stereocenters. The molecular formula is C15H30O4. The van der Waals surface area contributed by atoms with Gasteiger partial charge in [0.05, 0.1) is 0 Å². The van der Waals surface area contributed by atoms with Crippen molar-refractivity contribution in [2.75, 3.05) is 0 Å². The van der Waals surface area contributed by atoms with E-state index in [1.165, 1.54) is 51.9 Å². The lowest BCUT2D eigenvalue weighted by atomic mass is 10.0. The van der Waals surface area contributed by atoms with Crippen molar-refractivity contribution in [3.05, 3.63) is 0 Å². The molecule has 0 spiro atoms. The number of rotatable bonds is 11. The van der Waals surface area contributed by atoms with Gasteiger partial charge in [-0.05, 0) is 13.3 Å². The van der Waals surface area contributed by atoms with Crippen LogP contribution in [0.15, 0.2) is 0 Å². The minimum absolute atomic E-state index is 0.475. The van der Waals surface area contributed by atoms with E-state index in [-0.39, 0.29) is 0 Å². The third kappa shape index (κ3) is 5.03. The Balaban J connectivity index is 1.91. The van der Waals surface area contributed by atoms with E-state index >= 15 is 0 Å². The van der Waals surface area contributed by atoms with Gasteiger partial charge in [0.15, 0.2) is 0 Å². The van der Waals surface area contributed by atoms with Crippen LogP contribution in [0.3, 0.4) is 0 Å². The number of aliphatic hydroxyl groups is 3. The number of hydrogen-bond donors (Lipinski definition) is 3. The summed E-state index contributed by atoms with van der Waals surface area (Å²) in [5, 5.41) is 28.9. The Morgan fingerprint density at radius 2 is 1.32 bits per heavy atom. The average molecular weight is 274 g/mol. The van der Waals surface area contributed by atoms with Crippen LogP contribution in [0.4, 0.5) is 0 Å². The Morgan fingerprint density at radius 3 is 1.74 bits per heavy atom. The first-order valence-corrected chi connectivity index (χ1v) is 7.77. The lowest BCUT2D eigenvalue weighted by molar-refractivity contribution is -0.0815. The predicted octanol–water partition coefficient (Wildman–Crippen LogP) is 2.70. The minimum Gasteiger partial charge on any atom is -0.387 e. The van der Waals surface area contributed by atoms with Crippen LogP contribution >= 0.6 is 0 Å². The maximum absolute atomic E-state index is 9.75. The second-order valence-electron chi connectivity index (χ2n) is 5.91. The first-order chi connectivity index (χ1) is 8.94. The topological polar surface area (TPSA) is 73.2 Å². The second-order valence-corrected chi connectivity index (χ2v) is 5.91. The van der Waals surface area contributed by atoms with E-state index in [4.69, 9.17) is 4.74 Å². The van der Waals surface area contributed by atoms with Crippen LogP contribution in [0, 0.1) is 0 Å². The molecule has 0 amide bonds. The highest BCUT2D eigenvalue weighted by Crippen LogP contribution is 2.46. The van der Waals surface area contributed by atoms with Crippen LogP contribution in [-0.4, -0.2) is 33.0 Å². The van der Waals surface area contributed by atoms with Gasteiger partial charge >= 0.3 is 0 Å². The monoisotopic (exact) mass is 274 g/mol. The molecule has 0 radical (unpaired) electrons. The Hall–Kier alpha value is -0.160. The van der Waals surface area contributed by atoms with E-state index in [0.717, 1.165) is 12.8 Å². The largest absolute Gasteiger partial charge is 0.387 e. The van der Waals surface area contributed by atoms with E-state index in [0.29, 0.717) is 6.42 Å². The second kappa shape index (κ2) is 7.58. The van der Waals surface area contributed by atoms with Gasteiger partial charge in [0.2, 0.25) is 11.6 Å². The average Bonchev–Trinajstić information content (AvgIpc) is 2.87. The zero-order valence-electron chi connectivity index (χ0n) is 12.4. The summed E-state index contributed by atoms with van der Waals surface area (Å²) in [6, 6.07) is 0. The van der Waals surface area contributed by atoms with Gasteiger partial charge in [-0.2, -0.15) is 0 Å². The molecule has 1 heterocycles. The Bertz CT molecular complexity index is 255. The standard InChI is InChI=1S/C15H30O4/c1-3-4-5-6-7-8-9-10-11-12-13(16)15(18)14(2,17)19-15/h13,16-18H,3-12H2,1-2H3. The van der Waals surface area contributed by atoms with Crippen LogP contribution in [0.1, 0.15) is 78.1 Å². The van der Waals surface area contributed by atoms with E-state index in [1.807, 2.05) is 0 Å². The normalized spacial score (nSPS) is 31.4. The molecule has 1 rings (SSSR count). The molecule has 4 heteroatoms. The molecule has 3 unspecified atom stereocenters. The van der Waals surface area contributed by atoms with Gasteiger partial charge in [0, 0.05) is 0 Å². The highest BCUT2D eigenvalue weighted by molar-refractivity contribution is 5.01. The van der Waals surface area contributed by atoms with Crippen molar-refractivity contribution < 1.29 is 20.1 Å². The van der Waals surface area contributed by atoms with Crippen molar-refractivity contribution in [3.8, 4) is 0 Å².